The molecular formula is C22H26FNO4. The normalized spacial score (nSPS) is 19.0. The number of fused-ring (bicyclic) bond motifs is 1. The Morgan fingerprint density at radius 1 is 1.21 bits per heavy atom. The molecule has 2 aromatic rings. The molecule has 1 aliphatic rings. The third kappa shape index (κ3) is 4.12. The number of carbonyl (C=O) groups is 1. The van der Waals surface area contributed by atoms with Crippen molar-refractivity contribution in [2.24, 2.45) is 0 Å². The number of halogens is 1. The van der Waals surface area contributed by atoms with Crippen LogP contribution >= 0.6 is 0 Å². The molecule has 0 saturated carbocycles. The van der Waals surface area contributed by atoms with Crippen LogP contribution in [0.25, 0.3) is 0 Å². The minimum atomic E-state index is -1.14. The Morgan fingerprint density at radius 2 is 1.86 bits per heavy atom. The molecule has 3 rings (SSSR count). The van der Waals surface area contributed by atoms with Crippen molar-refractivity contribution in [1.29, 1.82) is 0 Å². The maximum Gasteiger partial charge on any atom is 0.220 e. The van der Waals surface area contributed by atoms with Crippen molar-refractivity contribution in [3.05, 3.63) is 58.9 Å². The van der Waals surface area contributed by atoms with Crippen LogP contribution in [0.2, 0.25) is 0 Å². The van der Waals surface area contributed by atoms with Crippen LogP contribution in [0.15, 0.2) is 36.4 Å². The Kier molecular flexibility index (Phi) is 5.89. The number of nitrogens with one attached hydrogen (secondary N) is 1. The Bertz CT molecular complexity index is 852. The van der Waals surface area contributed by atoms with Crippen LogP contribution < -0.4 is 14.8 Å². The molecule has 0 aliphatic heterocycles. The highest BCUT2D eigenvalue weighted by atomic mass is 19.1. The van der Waals surface area contributed by atoms with Gasteiger partial charge in [-0.25, -0.2) is 4.39 Å². The topological polar surface area (TPSA) is 67.8 Å². The summed E-state index contributed by atoms with van der Waals surface area (Å²) in [5.41, 5.74) is 1.52. The van der Waals surface area contributed by atoms with Gasteiger partial charge in [0.05, 0.1) is 20.8 Å². The number of aliphatic hydroxyl groups is 1. The SMILES string of the molecule is COc1cc2c(cc1OC)C(O)(CNC(=O)CC(C)c1ccc(F)cc1)CC2. The fourth-order valence-electron chi connectivity index (χ4n) is 3.73. The van der Waals surface area contributed by atoms with Gasteiger partial charge >= 0.3 is 0 Å². The first kappa shape index (κ1) is 20.1. The molecule has 5 nitrogen and oxygen atoms in total. The molecule has 1 aliphatic carbocycles. The average molecular weight is 387 g/mol. The molecule has 0 saturated heterocycles. The standard InChI is InChI=1S/C22H26FNO4/c1-14(15-4-6-17(23)7-5-15)10-21(25)24-13-22(26)9-8-16-11-19(27-2)20(28-3)12-18(16)22/h4-7,11-12,14,26H,8-10,13H2,1-3H3,(H,24,25). The number of amides is 1. The van der Waals surface area contributed by atoms with E-state index in [1.54, 1.807) is 32.4 Å². The quantitative estimate of drug-likeness (QED) is 0.765. The highest BCUT2D eigenvalue weighted by Crippen LogP contribution is 2.42. The van der Waals surface area contributed by atoms with E-state index in [-0.39, 0.29) is 30.6 Å². The van der Waals surface area contributed by atoms with Crippen molar-refractivity contribution < 1.29 is 23.8 Å². The predicted octanol–water partition coefficient (Wildman–Crippen LogP) is 3.29. The zero-order valence-electron chi connectivity index (χ0n) is 16.4. The smallest absolute Gasteiger partial charge is 0.220 e. The first-order valence-electron chi connectivity index (χ1n) is 9.36. The summed E-state index contributed by atoms with van der Waals surface area (Å²) in [6, 6.07) is 9.83. The Balaban J connectivity index is 1.65. The van der Waals surface area contributed by atoms with Gasteiger partial charge in [-0.1, -0.05) is 19.1 Å². The summed E-state index contributed by atoms with van der Waals surface area (Å²) in [4.78, 5) is 12.4. The maximum absolute atomic E-state index is 13.0. The zero-order valence-corrected chi connectivity index (χ0v) is 16.4. The van der Waals surface area contributed by atoms with E-state index in [0.29, 0.717) is 24.3 Å². The van der Waals surface area contributed by atoms with Crippen LogP contribution in [0.3, 0.4) is 0 Å². The second-order valence-electron chi connectivity index (χ2n) is 7.33. The lowest BCUT2D eigenvalue weighted by Crippen LogP contribution is -2.39. The van der Waals surface area contributed by atoms with Gasteiger partial charge in [-0.05, 0) is 59.7 Å². The number of benzene rings is 2. The van der Waals surface area contributed by atoms with E-state index in [1.165, 1.54) is 12.1 Å². The number of carbonyl (C=O) groups excluding carboxylic acids is 1. The van der Waals surface area contributed by atoms with Crippen LogP contribution in [0, 0.1) is 5.82 Å². The Labute approximate surface area is 164 Å². The molecule has 0 aromatic heterocycles. The summed E-state index contributed by atoms with van der Waals surface area (Å²) in [6.07, 6.45) is 1.49. The molecule has 0 heterocycles. The second-order valence-corrected chi connectivity index (χ2v) is 7.33. The van der Waals surface area contributed by atoms with Gasteiger partial charge in [0.25, 0.3) is 0 Å². The molecule has 0 fully saturated rings. The lowest BCUT2D eigenvalue weighted by molar-refractivity contribution is -0.122. The van der Waals surface area contributed by atoms with Crippen LogP contribution in [0.4, 0.5) is 4.39 Å². The summed E-state index contributed by atoms with van der Waals surface area (Å²) in [5.74, 6) is 0.685. The molecule has 28 heavy (non-hydrogen) atoms. The third-order valence-corrected chi connectivity index (χ3v) is 5.43. The van der Waals surface area contributed by atoms with Crippen LogP contribution in [-0.4, -0.2) is 31.8 Å². The zero-order chi connectivity index (χ0) is 20.3. The third-order valence-electron chi connectivity index (χ3n) is 5.43. The summed E-state index contributed by atoms with van der Waals surface area (Å²) >= 11 is 0. The van der Waals surface area contributed by atoms with E-state index in [1.807, 2.05) is 13.0 Å². The first-order chi connectivity index (χ1) is 13.4. The van der Waals surface area contributed by atoms with Crippen LogP contribution in [-0.2, 0) is 16.8 Å². The molecule has 150 valence electrons. The average Bonchev–Trinajstić information content (AvgIpc) is 3.02. The van der Waals surface area contributed by atoms with E-state index < -0.39 is 5.60 Å². The predicted molar refractivity (Wildman–Crippen MR) is 104 cm³/mol. The van der Waals surface area contributed by atoms with Crippen molar-refractivity contribution >= 4 is 5.91 Å². The Morgan fingerprint density at radius 3 is 2.50 bits per heavy atom. The van der Waals surface area contributed by atoms with Gasteiger partial charge in [0, 0.05) is 6.42 Å². The minimum absolute atomic E-state index is 0.0459. The van der Waals surface area contributed by atoms with E-state index >= 15 is 0 Å². The van der Waals surface area contributed by atoms with E-state index in [2.05, 4.69) is 5.32 Å². The molecule has 0 spiro atoms. The lowest BCUT2D eigenvalue weighted by Gasteiger charge is -2.25. The molecule has 2 aromatic carbocycles. The van der Waals surface area contributed by atoms with Crippen LogP contribution in [0.1, 0.15) is 42.4 Å². The molecule has 0 bridgehead atoms. The minimum Gasteiger partial charge on any atom is -0.493 e. The van der Waals surface area contributed by atoms with E-state index in [9.17, 15) is 14.3 Å². The van der Waals surface area contributed by atoms with Crippen molar-refractivity contribution in [3.8, 4) is 11.5 Å². The fourth-order valence-corrected chi connectivity index (χ4v) is 3.73. The highest BCUT2D eigenvalue weighted by Gasteiger charge is 2.38. The lowest BCUT2D eigenvalue weighted by atomic mass is 9.94. The van der Waals surface area contributed by atoms with Crippen molar-refractivity contribution in [2.75, 3.05) is 20.8 Å². The summed E-state index contributed by atoms with van der Waals surface area (Å²) in [6.45, 7) is 2.05. The first-order valence-corrected chi connectivity index (χ1v) is 9.36. The highest BCUT2D eigenvalue weighted by molar-refractivity contribution is 5.77. The van der Waals surface area contributed by atoms with Gasteiger partial charge in [-0.15, -0.1) is 0 Å². The summed E-state index contributed by atoms with van der Waals surface area (Å²) < 4.78 is 23.7. The Hall–Kier alpha value is -2.60. The van der Waals surface area contributed by atoms with Crippen LogP contribution in [0.5, 0.6) is 11.5 Å². The van der Waals surface area contributed by atoms with E-state index in [4.69, 9.17) is 9.47 Å². The van der Waals surface area contributed by atoms with Gasteiger partial charge in [0.15, 0.2) is 11.5 Å². The monoisotopic (exact) mass is 387 g/mol. The van der Waals surface area contributed by atoms with Crippen molar-refractivity contribution in [3.63, 3.8) is 0 Å². The number of hydrogen-bond donors (Lipinski definition) is 2. The maximum atomic E-state index is 13.0. The number of ether oxygens (including phenoxy) is 2. The van der Waals surface area contributed by atoms with Gasteiger partial charge in [-0.2, -0.15) is 0 Å². The number of aryl methyl sites for hydroxylation is 1. The molecular weight excluding hydrogens is 361 g/mol. The van der Waals surface area contributed by atoms with Gasteiger partial charge < -0.3 is 19.9 Å². The van der Waals surface area contributed by atoms with Crippen molar-refractivity contribution in [1.82, 2.24) is 5.32 Å². The molecule has 6 heteroatoms. The molecule has 0 radical (unpaired) electrons. The summed E-state index contributed by atoms with van der Waals surface area (Å²) in [5, 5.41) is 14.0. The molecule has 1 amide bonds. The number of hydrogen-bond acceptors (Lipinski definition) is 4. The summed E-state index contributed by atoms with van der Waals surface area (Å²) in [7, 11) is 3.13. The van der Waals surface area contributed by atoms with Gasteiger partial charge in [0.2, 0.25) is 5.91 Å². The van der Waals surface area contributed by atoms with Crippen molar-refractivity contribution in [2.45, 2.75) is 37.7 Å². The molecule has 2 N–H and O–H groups in total. The second kappa shape index (κ2) is 8.19. The van der Waals surface area contributed by atoms with Gasteiger partial charge in [-0.3, -0.25) is 4.79 Å². The number of rotatable bonds is 7. The largest absolute Gasteiger partial charge is 0.493 e. The fraction of sp³-hybridized carbons (Fsp3) is 0.409. The van der Waals surface area contributed by atoms with Gasteiger partial charge in [0.1, 0.15) is 11.4 Å². The molecule has 2 unspecified atom stereocenters. The molecule has 2 atom stereocenters. The van der Waals surface area contributed by atoms with E-state index in [0.717, 1.165) is 16.7 Å². The number of methoxy groups -OCH3 is 2.